The van der Waals surface area contributed by atoms with E-state index < -0.39 is 9.84 Å². The maximum Gasteiger partial charge on any atom is 0.263 e. The Bertz CT molecular complexity index is 1200. The second-order valence-corrected chi connectivity index (χ2v) is 9.17. The topological polar surface area (TPSA) is 90.3 Å². The molecule has 0 unspecified atom stereocenters. The zero-order valence-electron chi connectivity index (χ0n) is 16.2. The van der Waals surface area contributed by atoms with Gasteiger partial charge in [-0.2, -0.15) is 5.10 Å². The molecule has 1 N–H and O–H groups in total. The van der Waals surface area contributed by atoms with E-state index in [1.165, 1.54) is 0 Å². The van der Waals surface area contributed by atoms with Gasteiger partial charge in [0.05, 0.1) is 22.9 Å². The number of ether oxygens (including phenoxy) is 1. The lowest BCUT2D eigenvalue weighted by Gasteiger charge is -2.13. The van der Waals surface area contributed by atoms with Gasteiger partial charge in [-0.15, -0.1) is 0 Å². The fraction of sp³-hybridized carbons (Fsp3) is 0.238. The molecule has 1 amide bonds. The van der Waals surface area contributed by atoms with E-state index in [1.807, 2.05) is 56.3 Å². The molecule has 4 rings (SSSR count). The number of fused-ring (bicyclic) bond motifs is 1. The summed E-state index contributed by atoms with van der Waals surface area (Å²) < 4.78 is 31.4. The Balaban J connectivity index is 1.63. The minimum atomic E-state index is -3.25. The lowest BCUT2D eigenvalue weighted by Crippen LogP contribution is -2.23. The molecule has 2 heterocycles. The molecule has 0 aliphatic carbocycles. The van der Waals surface area contributed by atoms with E-state index in [0.29, 0.717) is 22.8 Å². The number of nitrogens with one attached hydrogen (secondary N) is 1. The van der Waals surface area contributed by atoms with Crippen LogP contribution in [0.1, 0.15) is 22.4 Å². The van der Waals surface area contributed by atoms with Gasteiger partial charge in [-0.1, -0.05) is 36.4 Å². The van der Waals surface area contributed by atoms with E-state index in [1.54, 1.807) is 10.7 Å². The van der Waals surface area contributed by atoms with Crippen molar-refractivity contribution in [1.29, 1.82) is 0 Å². The van der Waals surface area contributed by atoms with Crippen molar-refractivity contribution in [3.05, 3.63) is 70.9 Å². The highest BCUT2D eigenvalue weighted by atomic mass is 32.2. The molecule has 1 aromatic heterocycles. The molecule has 0 radical (unpaired) electrons. The molecule has 1 aliphatic heterocycles. The molecule has 3 aromatic rings. The van der Waals surface area contributed by atoms with Crippen molar-refractivity contribution in [2.24, 2.45) is 0 Å². The molecule has 0 bridgehead atoms. The standard InChI is InChI=1S/C21H21N3O4S/c1-14-7-3-5-9-18(14)24-21(16-12-29(26,27)13-17(16)23-24)22-20(25)11-28-19-10-6-4-8-15(19)2/h3-10H,11-13H2,1-2H3,(H,22,25). The molecule has 1 aliphatic rings. The van der Waals surface area contributed by atoms with Crippen molar-refractivity contribution in [3.63, 3.8) is 0 Å². The van der Waals surface area contributed by atoms with Crippen LogP contribution in [0.3, 0.4) is 0 Å². The van der Waals surface area contributed by atoms with E-state index in [-0.39, 0.29) is 24.0 Å². The number of nitrogens with zero attached hydrogens (tertiary/aromatic N) is 2. The number of anilines is 1. The first-order chi connectivity index (χ1) is 13.8. The van der Waals surface area contributed by atoms with Gasteiger partial charge in [0.2, 0.25) is 0 Å². The van der Waals surface area contributed by atoms with Crippen LogP contribution in [-0.2, 0) is 26.1 Å². The number of hydrogen-bond acceptors (Lipinski definition) is 5. The van der Waals surface area contributed by atoms with E-state index in [9.17, 15) is 13.2 Å². The van der Waals surface area contributed by atoms with Crippen LogP contribution < -0.4 is 10.1 Å². The number of carbonyl (C=O) groups is 1. The lowest BCUT2D eigenvalue weighted by atomic mass is 10.2. The Hall–Kier alpha value is -3.13. The number of aromatic nitrogens is 2. The van der Waals surface area contributed by atoms with E-state index in [0.717, 1.165) is 16.8 Å². The summed E-state index contributed by atoms with van der Waals surface area (Å²) in [5.74, 6) is 0.374. The zero-order valence-corrected chi connectivity index (χ0v) is 17.0. The van der Waals surface area contributed by atoms with Crippen molar-refractivity contribution in [1.82, 2.24) is 9.78 Å². The van der Waals surface area contributed by atoms with Crippen LogP contribution in [0.2, 0.25) is 0 Å². The van der Waals surface area contributed by atoms with E-state index >= 15 is 0 Å². The van der Waals surface area contributed by atoms with Gasteiger partial charge in [0.25, 0.3) is 5.91 Å². The average molecular weight is 411 g/mol. The molecular formula is C21H21N3O4S. The highest BCUT2D eigenvalue weighted by molar-refractivity contribution is 7.90. The molecule has 7 nitrogen and oxygen atoms in total. The molecule has 2 aromatic carbocycles. The van der Waals surface area contributed by atoms with Gasteiger partial charge in [0.15, 0.2) is 16.4 Å². The Morgan fingerprint density at radius 3 is 2.48 bits per heavy atom. The van der Waals surface area contributed by atoms with Gasteiger partial charge in [-0.25, -0.2) is 13.1 Å². The highest BCUT2D eigenvalue weighted by Crippen LogP contribution is 2.33. The first kappa shape index (κ1) is 19.2. The minimum absolute atomic E-state index is 0.121. The Morgan fingerprint density at radius 2 is 1.76 bits per heavy atom. The number of amides is 1. The number of rotatable bonds is 5. The molecule has 0 fully saturated rings. The average Bonchev–Trinajstić information content (AvgIpc) is 3.14. The van der Waals surface area contributed by atoms with Gasteiger partial charge in [0.1, 0.15) is 11.6 Å². The lowest BCUT2D eigenvalue weighted by molar-refractivity contribution is -0.118. The molecule has 0 spiro atoms. The van der Waals surface area contributed by atoms with E-state index in [2.05, 4.69) is 10.4 Å². The van der Waals surface area contributed by atoms with Crippen LogP contribution in [0.15, 0.2) is 48.5 Å². The van der Waals surface area contributed by atoms with Gasteiger partial charge in [-0.05, 0) is 37.1 Å². The fourth-order valence-electron chi connectivity index (χ4n) is 3.38. The molecular weight excluding hydrogens is 390 g/mol. The third-order valence-corrected chi connectivity index (χ3v) is 6.28. The maximum atomic E-state index is 12.6. The van der Waals surface area contributed by atoms with Crippen molar-refractivity contribution < 1.29 is 17.9 Å². The number of sulfone groups is 1. The minimum Gasteiger partial charge on any atom is -0.483 e. The van der Waals surface area contributed by atoms with Crippen LogP contribution in [-0.4, -0.2) is 30.7 Å². The van der Waals surface area contributed by atoms with Gasteiger partial charge < -0.3 is 10.1 Å². The third kappa shape index (κ3) is 3.88. The first-order valence-corrected chi connectivity index (χ1v) is 11.0. The van der Waals surface area contributed by atoms with Crippen LogP contribution in [0.4, 0.5) is 5.82 Å². The van der Waals surface area contributed by atoms with Crippen molar-refractivity contribution in [2.45, 2.75) is 25.4 Å². The van der Waals surface area contributed by atoms with Gasteiger partial charge >= 0.3 is 0 Å². The molecule has 0 atom stereocenters. The molecule has 0 saturated carbocycles. The number of carbonyl (C=O) groups excluding carboxylic acids is 1. The number of benzene rings is 2. The summed E-state index contributed by atoms with van der Waals surface area (Å²) in [6.07, 6.45) is 0. The first-order valence-electron chi connectivity index (χ1n) is 9.19. The monoisotopic (exact) mass is 411 g/mol. The summed E-state index contributed by atoms with van der Waals surface area (Å²) >= 11 is 0. The molecule has 29 heavy (non-hydrogen) atoms. The summed E-state index contributed by atoms with van der Waals surface area (Å²) in [5.41, 5.74) is 3.69. The van der Waals surface area contributed by atoms with E-state index in [4.69, 9.17) is 4.74 Å². The normalized spacial score (nSPS) is 14.4. The summed E-state index contributed by atoms with van der Waals surface area (Å²) in [6.45, 7) is 3.65. The van der Waals surface area contributed by atoms with Crippen LogP contribution in [0.5, 0.6) is 5.75 Å². The van der Waals surface area contributed by atoms with Crippen LogP contribution >= 0.6 is 0 Å². The highest BCUT2D eigenvalue weighted by Gasteiger charge is 2.33. The zero-order chi connectivity index (χ0) is 20.6. The van der Waals surface area contributed by atoms with Gasteiger partial charge in [0, 0.05) is 5.56 Å². The Morgan fingerprint density at radius 1 is 1.07 bits per heavy atom. The second kappa shape index (κ2) is 7.36. The third-order valence-electron chi connectivity index (χ3n) is 4.84. The number of aryl methyl sites for hydroxylation is 2. The fourth-order valence-corrected chi connectivity index (χ4v) is 4.87. The Kier molecular flexibility index (Phi) is 4.87. The molecule has 8 heteroatoms. The summed E-state index contributed by atoms with van der Waals surface area (Å²) in [4.78, 5) is 12.6. The largest absolute Gasteiger partial charge is 0.483 e. The smallest absolute Gasteiger partial charge is 0.263 e. The maximum absolute atomic E-state index is 12.6. The second-order valence-electron chi connectivity index (χ2n) is 7.11. The SMILES string of the molecule is Cc1ccccc1OCC(=O)Nc1c2c(nn1-c1ccccc1C)CS(=O)(=O)C2. The molecule has 0 saturated heterocycles. The van der Waals surface area contributed by atoms with Crippen LogP contribution in [0, 0.1) is 13.8 Å². The number of hydrogen-bond donors (Lipinski definition) is 1. The van der Waals surface area contributed by atoms with Crippen molar-refractivity contribution in [3.8, 4) is 11.4 Å². The van der Waals surface area contributed by atoms with Crippen LogP contribution in [0.25, 0.3) is 5.69 Å². The van der Waals surface area contributed by atoms with Crippen molar-refractivity contribution >= 4 is 21.6 Å². The Labute approximate surface area is 169 Å². The summed E-state index contributed by atoms with van der Waals surface area (Å²) in [7, 11) is -3.25. The quantitative estimate of drug-likeness (QED) is 0.697. The summed E-state index contributed by atoms with van der Waals surface area (Å²) in [6, 6.07) is 15.0. The molecule has 150 valence electrons. The number of para-hydroxylation sites is 2. The predicted octanol–water partition coefficient (Wildman–Crippen LogP) is 2.94. The van der Waals surface area contributed by atoms with Crippen molar-refractivity contribution in [2.75, 3.05) is 11.9 Å². The summed E-state index contributed by atoms with van der Waals surface area (Å²) in [5, 5.41) is 7.30. The predicted molar refractivity (Wildman–Crippen MR) is 110 cm³/mol. The van der Waals surface area contributed by atoms with Gasteiger partial charge in [-0.3, -0.25) is 4.79 Å².